The molecular formula is C63H64N3O2Pt-. The molecule has 6 heteroatoms. The number of pyridine rings is 1. The maximum atomic E-state index is 12.6. The summed E-state index contributed by atoms with van der Waals surface area (Å²) in [5.41, 5.74) is 16.0. The Hall–Kier alpha value is -6.29. The first-order valence-electron chi connectivity index (χ1n) is 23.9. The van der Waals surface area contributed by atoms with E-state index < -0.39 is 0 Å². The van der Waals surface area contributed by atoms with Gasteiger partial charge in [-0.3, -0.25) is 9.55 Å². The average Bonchev–Trinajstić information content (AvgIpc) is 3.92. The number of hydrogen-bond donors (Lipinski definition) is 1. The number of rotatable bonds is 8. The van der Waals surface area contributed by atoms with Crippen LogP contribution in [0.15, 0.2) is 156 Å². The Bertz CT molecular complexity index is 3300. The van der Waals surface area contributed by atoms with E-state index in [1.54, 1.807) is 0 Å². The Morgan fingerprint density at radius 1 is 0.565 bits per heavy atom. The summed E-state index contributed by atoms with van der Waals surface area (Å²) in [6.07, 6.45) is 4.69. The summed E-state index contributed by atoms with van der Waals surface area (Å²) in [7, 11) is 0. The van der Waals surface area contributed by atoms with Gasteiger partial charge in [0.2, 0.25) is 0 Å². The molecule has 69 heavy (non-hydrogen) atoms. The fourth-order valence-corrected chi connectivity index (χ4v) is 9.19. The molecule has 0 spiro atoms. The molecule has 0 aliphatic heterocycles. The SMILES string of the molecule is CC(C)(C)Cc1coc(-c2ccc(-n3c(-c4cc(C(C)(C)C)cc(C(C)(C)C)c4O)nc4c(-c5[c-]c(-c6cc(-c7ccccc7)ccn6)cc(C(C)(C)C)c5)cccc43)c(-c3ccccc3)c2)c1.[Pt]. The second-order valence-corrected chi connectivity index (χ2v) is 22.8. The van der Waals surface area contributed by atoms with E-state index in [1.807, 2.05) is 18.5 Å². The van der Waals surface area contributed by atoms with Crippen molar-refractivity contribution in [3.63, 3.8) is 0 Å². The summed E-state index contributed by atoms with van der Waals surface area (Å²) in [5.74, 6) is 1.71. The molecule has 0 saturated carbocycles. The van der Waals surface area contributed by atoms with Gasteiger partial charge in [-0.15, -0.1) is 29.3 Å². The molecule has 9 aromatic rings. The fraction of sp³-hybridized carbons (Fsp3) is 0.270. The Morgan fingerprint density at radius 2 is 1.22 bits per heavy atom. The zero-order valence-electron chi connectivity index (χ0n) is 42.2. The van der Waals surface area contributed by atoms with Crippen LogP contribution in [0.5, 0.6) is 5.75 Å². The van der Waals surface area contributed by atoms with Crippen LogP contribution in [0.1, 0.15) is 105 Å². The Kier molecular flexibility index (Phi) is 13.2. The van der Waals surface area contributed by atoms with Gasteiger partial charge in [0.05, 0.1) is 28.5 Å². The molecule has 0 radical (unpaired) electrons. The number of fused-ring (bicyclic) bond motifs is 1. The number of furan rings is 1. The minimum absolute atomic E-state index is 0. The minimum Gasteiger partial charge on any atom is -0.507 e. The number of benzene rings is 6. The summed E-state index contributed by atoms with van der Waals surface area (Å²) < 4.78 is 8.55. The number of para-hydroxylation sites is 1. The monoisotopic (exact) mass is 1090 g/mol. The average molecular weight is 1090 g/mol. The van der Waals surface area contributed by atoms with E-state index in [-0.39, 0.29) is 48.5 Å². The molecule has 354 valence electrons. The van der Waals surface area contributed by atoms with Crippen LogP contribution in [0.4, 0.5) is 0 Å². The molecule has 9 rings (SSSR count). The Balaban J connectivity index is 0.00000642. The molecule has 0 bridgehead atoms. The van der Waals surface area contributed by atoms with Crippen LogP contribution in [-0.4, -0.2) is 19.6 Å². The van der Waals surface area contributed by atoms with Gasteiger partial charge in [-0.1, -0.05) is 179 Å². The van der Waals surface area contributed by atoms with Crippen LogP contribution in [0.3, 0.4) is 0 Å². The number of aromatic nitrogens is 3. The van der Waals surface area contributed by atoms with E-state index in [2.05, 4.69) is 227 Å². The number of nitrogens with zero attached hydrogens (tertiary/aromatic N) is 3. The second kappa shape index (κ2) is 18.6. The first kappa shape index (κ1) is 49.1. The molecule has 0 aliphatic carbocycles. The van der Waals surface area contributed by atoms with Crippen molar-refractivity contribution < 1.29 is 30.6 Å². The van der Waals surface area contributed by atoms with Crippen LogP contribution in [0, 0.1) is 11.5 Å². The van der Waals surface area contributed by atoms with E-state index in [1.165, 1.54) is 11.1 Å². The van der Waals surface area contributed by atoms with Crippen LogP contribution in [0.2, 0.25) is 0 Å². The molecule has 0 unspecified atom stereocenters. The van der Waals surface area contributed by atoms with Crippen LogP contribution in [0.25, 0.3) is 84.1 Å². The van der Waals surface area contributed by atoms with Crippen molar-refractivity contribution in [2.24, 2.45) is 5.41 Å². The predicted octanol–water partition coefficient (Wildman–Crippen LogP) is 17.0. The van der Waals surface area contributed by atoms with Crippen molar-refractivity contribution in [2.75, 3.05) is 0 Å². The normalized spacial score (nSPS) is 12.3. The number of imidazole rings is 1. The van der Waals surface area contributed by atoms with Crippen molar-refractivity contribution in [3.8, 4) is 78.8 Å². The van der Waals surface area contributed by atoms with Gasteiger partial charge in [0.25, 0.3) is 0 Å². The summed E-state index contributed by atoms with van der Waals surface area (Å²) in [6.45, 7) is 26.7. The van der Waals surface area contributed by atoms with Gasteiger partial charge in [-0.25, -0.2) is 4.98 Å². The molecular weight excluding hydrogens is 1030 g/mol. The van der Waals surface area contributed by atoms with Crippen molar-refractivity contribution in [1.29, 1.82) is 0 Å². The summed E-state index contributed by atoms with van der Waals surface area (Å²) in [5, 5.41) is 12.6. The van der Waals surface area contributed by atoms with Gasteiger partial charge in [-0.2, -0.15) is 0 Å². The standard InChI is InChI=1S/C63H64N3O2.Pt/c1-60(2,3)38-40-30-56(68-39-40)44-26-27-54(50(34-44)42-22-17-14-18-23-42)66-55-25-19-24-49(57(55)65-59(66)51-36-48(62(7,8)9)37-52(58(51)67)63(10,11)12)45-31-46(33-47(32-45)61(4,5)6)53-35-43(28-29-64-53)41-20-15-13-16-21-41;/h13-30,32-37,39,67H,38H2,1-12H3;/q-1;. The van der Waals surface area contributed by atoms with Crippen LogP contribution < -0.4 is 0 Å². The molecule has 0 atom stereocenters. The molecule has 1 N–H and O–H groups in total. The van der Waals surface area contributed by atoms with Crippen LogP contribution in [-0.2, 0) is 43.7 Å². The first-order valence-corrected chi connectivity index (χ1v) is 23.9. The van der Waals surface area contributed by atoms with Crippen molar-refractivity contribution in [2.45, 2.75) is 106 Å². The summed E-state index contributed by atoms with van der Waals surface area (Å²) >= 11 is 0. The molecule has 0 saturated heterocycles. The maximum Gasteiger partial charge on any atom is 0.148 e. The number of aromatic hydroxyl groups is 1. The van der Waals surface area contributed by atoms with E-state index in [9.17, 15) is 5.11 Å². The molecule has 3 heterocycles. The Labute approximate surface area is 424 Å². The van der Waals surface area contributed by atoms with E-state index in [0.717, 1.165) is 90.2 Å². The Morgan fingerprint density at radius 3 is 1.87 bits per heavy atom. The fourth-order valence-electron chi connectivity index (χ4n) is 9.19. The molecule has 0 amide bonds. The van der Waals surface area contributed by atoms with E-state index >= 15 is 0 Å². The smallest absolute Gasteiger partial charge is 0.148 e. The zero-order valence-corrected chi connectivity index (χ0v) is 44.4. The third-order valence-corrected chi connectivity index (χ3v) is 12.9. The number of phenolic OH excluding ortho intramolecular Hbond substituents is 1. The molecule has 3 aromatic heterocycles. The number of hydrogen-bond acceptors (Lipinski definition) is 4. The molecule has 0 aliphatic rings. The van der Waals surface area contributed by atoms with Gasteiger partial charge in [-0.05, 0) is 98.4 Å². The first-order chi connectivity index (χ1) is 32.1. The second-order valence-electron chi connectivity index (χ2n) is 22.8. The molecule has 0 fully saturated rings. The quantitative estimate of drug-likeness (QED) is 0.154. The minimum atomic E-state index is -0.349. The third kappa shape index (κ3) is 10.2. The van der Waals surface area contributed by atoms with Crippen molar-refractivity contribution in [3.05, 3.63) is 180 Å². The third-order valence-electron chi connectivity index (χ3n) is 12.9. The largest absolute Gasteiger partial charge is 0.507 e. The number of phenols is 1. The summed E-state index contributed by atoms with van der Waals surface area (Å²) in [6, 6.07) is 53.0. The van der Waals surface area contributed by atoms with Gasteiger partial charge in [0.1, 0.15) is 17.3 Å². The van der Waals surface area contributed by atoms with Gasteiger partial charge in [0.15, 0.2) is 0 Å². The molecule has 5 nitrogen and oxygen atoms in total. The zero-order chi connectivity index (χ0) is 48.3. The van der Waals surface area contributed by atoms with Gasteiger partial charge in [0, 0.05) is 49.6 Å². The maximum absolute atomic E-state index is 12.6. The molecule has 6 aromatic carbocycles. The summed E-state index contributed by atoms with van der Waals surface area (Å²) in [4.78, 5) is 10.6. The van der Waals surface area contributed by atoms with Crippen molar-refractivity contribution >= 4 is 11.0 Å². The van der Waals surface area contributed by atoms with E-state index in [4.69, 9.17) is 14.4 Å². The van der Waals surface area contributed by atoms with E-state index in [0.29, 0.717) is 11.4 Å². The van der Waals surface area contributed by atoms with Crippen LogP contribution >= 0.6 is 0 Å². The predicted molar refractivity (Wildman–Crippen MR) is 284 cm³/mol. The van der Waals surface area contributed by atoms with Crippen molar-refractivity contribution in [1.82, 2.24) is 14.5 Å². The van der Waals surface area contributed by atoms with Gasteiger partial charge < -0.3 is 9.52 Å². The van der Waals surface area contributed by atoms with Gasteiger partial charge >= 0.3 is 0 Å². The topological polar surface area (TPSA) is 64.1 Å².